The summed E-state index contributed by atoms with van der Waals surface area (Å²) in [6.07, 6.45) is -0.510. The predicted octanol–water partition coefficient (Wildman–Crippen LogP) is 4.25. The number of hydrogen-bond donors (Lipinski definition) is 1. The lowest BCUT2D eigenvalue weighted by atomic mass is 9.80. The minimum absolute atomic E-state index is 0.0253. The number of halogens is 3. The van der Waals surface area contributed by atoms with Crippen molar-refractivity contribution < 1.29 is 13.2 Å². The van der Waals surface area contributed by atoms with Crippen molar-refractivity contribution >= 4 is 0 Å². The van der Waals surface area contributed by atoms with E-state index in [0.29, 0.717) is 5.92 Å². The molecule has 1 aromatic carbocycles. The molecule has 1 N–H and O–H groups in total. The summed E-state index contributed by atoms with van der Waals surface area (Å²) in [5, 5.41) is 3.11. The molecular weight excluding hydrogens is 251 g/mol. The Kier molecular flexibility index (Phi) is 4.86. The predicted molar refractivity (Wildman–Crippen MR) is 70.1 cm³/mol. The lowest BCUT2D eigenvalue weighted by Crippen LogP contribution is -2.38. The highest BCUT2D eigenvalue weighted by molar-refractivity contribution is 5.21. The number of alkyl halides is 3. The van der Waals surface area contributed by atoms with Crippen LogP contribution in [0.3, 0.4) is 0 Å². The van der Waals surface area contributed by atoms with Crippen molar-refractivity contribution in [3.05, 3.63) is 35.9 Å². The molecule has 0 aliphatic heterocycles. The van der Waals surface area contributed by atoms with E-state index in [2.05, 4.69) is 17.4 Å². The van der Waals surface area contributed by atoms with Gasteiger partial charge in [0.1, 0.15) is 0 Å². The van der Waals surface area contributed by atoms with Gasteiger partial charge in [0.15, 0.2) is 0 Å². The van der Waals surface area contributed by atoms with Crippen LogP contribution in [0.25, 0.3) is 0 Å². The van der Waals surface area contributed by atoms with Gasteiger partial charge in [0, 0.05) is 12.6 Å². The Bertz CT molecular complexity index is 375. The van der Waals surface area contributed by atoms with Crippen molar-refractivity contribution in [3.8, 4) is 0 Å². The van der Waals surface area contributed by atoms with Gasteiger partial charge in [0.05, 0.1) is 6.42 Å². The molecule has 0 spiro atoms. The molecule has 0 aromatic heterocycles. The average Bonchev–Trinajstić information content (AvgIpc) is 2.39. The molecule has 19 heavy (non-hydrogen) atoms. The Balaban J connectivity index is 1.93. The third-order valence-corrected chi connectivity index (χ3v) is 3.81. The molecule has 1 aliphatic rings. The minimum atomic E-state index is -4.07. The van der Waals surface area contributed by atoms with Gasteiger partial charge in [-0.1, -0.05) is 43.2 Å². The first-order valence-corrected chi connectivity index (χ1v) is 6.91. The Labute approximate surface area is 112 Å². The van der Waals surface area contributed by atoms with E-state index in [4.69, 9.17) is 0 Å². The molecule has 1 fully saturated rings. The maximum Gasteiger partial charge on any atom is 0.390 e. The second kappa shape index (κ2) is 6.42. The third-order valence-electron chi connectivity index (χ3n) is 3.81. The second-order valence-corrected chi connectivity index (χ2v) is 5.23. The largest absolute Gasteiger partial charge is 0.390 e. The number of nitrogens with one attached hydrogen (secondary N) is 1. The van der Waals surface area contributed by atoms with Crippen LogP contribution in [0, 0.1) is 0 Å². The van der Waals surface area contributed by atoms with Gasteiger partial charge in [-0.2, -0.15) is 13.2 Å². The van der Waals surface area contributed by atoms with E-state index < -0.39 is 12.6 Å². The van der Waals surface area contributed by atoms with E-state index in [9.17, 15) is 13.2 Å². The highest BCUT2D eigenvalue weighted by Crippen LogP contribution is 2.33. The van der Waals surface area contributed by atoms with Crippen molar-refractivity contribution in [3.63, 3.8) is 0 Å². The molecule has 1 saturated carbocycles. The molecule has 1 aromatic rings. The molecule has 0 amide bonds. The van der Waals surface area contributed by atoms with E-state index in [1.165, 1.54) is 5.56 Å². The van der Waals surface area contributed by atoms with Crippen LogP contribution in [0.5, 0.6) is 0 Å². The minimum Gasteiger partial charge on any atom is -0.313 e. The normalized spacial score (nSPS) is 24.4. The highest BCUT2D eigenvalue weighted by atomic mass is 19.4. The van der Waals surface area contributed by atoms with Crippen LogP contribution in [0.15, 0.2) is 30.3 Å². The van der Waals surface area contributed by atoms with Gasteiger partial charge in [0.25, 0.3) is 0 Å². The standard InChI is InChI=1S/C15H20F3N/c16-15(17,18)10-11-19-14-9-5-4-8-13(14)12-6-2-1-3-7-12/h1-3,6-7,13-14,19H,4-5,8-11H2. The number of hydrogen-bond acceptors (Lipinski definition) is 1. The van der Waals surface area contributed by atoms with Crippen molar-refractivity contribution in [2.24, 2.45) is 0 Å². The van der Waals surface area contributed by atoms with Gasteiger partial charge < -0.3 is 5.32 Å². The molecule has 2 rings (SSSR count). The van der Waals surface area contributed by atoms with Crippen LogP contribution in [0.1, 0.15) is 43.6 Å². The monoisotopic (exact) mass is 271 g/mol. The van der Waals surface area contributed by atoms with Crippen LogP contribution >= 0.6 is 0 Å². The Morgan fingerprint density at radius 2 is 1.74 bits per heavy atom. The fourth-order valence-electron chi connectivity index (χ4n) is 2.87. The quantitative estimate of drug-likeness (QED) is 0.863. The summed E-state index contributed by atoms with van der Waals surface area (Å²) in [4.78, 5) is 0. The molecular formula is C15H20F3N. The SMILES string of the molecule is FC(F)(F)CCNC1CCCCC1c1ccccc1. The molecule has 0 bridgehead atoms. The summed E-state index contributed by atoms with van der Waals surface area (Å²) < 4.78 is 36.6. The van der Waals surface area contributed by atoms with Gasteiger partial charge >= 0.3 is 6.18 Å². The van der Waals surface area contributed by atoms with Gasteiger partial charge in [-0.25, -0.2) is 0 Å². The first kappa shape index (κ1) is 14.4. The molecule has 0 heterocycles. The topological polar surface area (TPSA) is 12.0 Å². The maximum absolute atomic E-state index is 12.2. The van der Waals surface area contributed by atoms with Crippen molar-refractivity contribution in [1.29, 1.82) is 0 Å². The molecule has 2 unspecified atom stereocenters. The van der Waals surface area contributed by atoms with Crippen LogP contribution in [-0.4, -0.2) is 18.8 Å². The first-order valence-electron chi connectivity index (χ1n) is 6.91. The zero-order chi connectivity index (χ0) is 13.7. The van der Waals surface area contributed by atoms with E-state index in [0.717, 1.165) is 25.7 Å². The number of rotatable bonds is 4. The number of benzene rings is 1. The van der Waals surface area contributed by atoms with E-state index in [-0.39, 0.29) is 12.6 Å². The second-order valence-electron chi connectivity index (χ2n) is 5.23. The van der Waals surface area contributed by atoms with Gasteiger partial charge in [-0.3, -0.25) is 0 Å². The summed E-state index contributed by atoms with van der Waals surface area (Å²) >= 11 is 0. The van der Waals surface area contributed by atoms with Crippen molar-refractivity contribution in [2.45, 2.75) is 50.2 Å². The summed E-state index contributed by atoms with van der Waals surface area (Å²) in [5.74, 6) is 0.350. The highest BCUT2D eigenvalue weighted by Gasteiger charge is 2.29. The lowest BCUT2D eigenvalue weighted by Gasteiger charge is -2.33. The summed E-state index contributed by atoms with van der Waals surface area (Å²) in [6, 6.07) is 10.3. The molecule has 2 atom stereocenters. The fourth-order valence-corrected chi connectivity index (χ4v) is 2.87. The molecule has 1 nitrogen and oxygen atoms in total. The van der Waals surface area contributed by atoms with Crippen LogP contribution < -0.4 is 5.32 Å². The molecule has 1 aliphatic carbocycles. The van der Waals surface area contributed by atoms with Crippen molar-refractivity contribution in [2.75, 3.05) is 6.54 Å². The van der Waals surface area contributed by atoms with Gasteiger partial charge in [0.2, 0.25) is 0 Å². The van der Waals surface area contributed by atoms with Crippen LogP contribution in [0.4, 0.5) is 13.2 Å². The van der Waals surface area contributed by atoms with Crippen molar-refractivity contribution in [1.82, 2.24) is 5.32 Å². The fraction of sp³-hybridized carbons (Fsp3) is 0.600. The summed E-state index contributed by atoms with van der Waals surface area (Å²) in [7, 11) is 0. The molecule has 0 saturated heterocycles. The zero-order valence-corrected chi connectivity index (χ0v) is 10.9. The van der Waals surface area contributed by atoms with E-state index >= 15 is 0 Å². The zero-order valence-electron chi connectivity index (χ0n) is 10.9. The third kappa shape index (κ3) is 4.53. The maximum atomic E-state index is 12.2. The Hall–Kier alpha value is -1.03. The lowest BCUT2D eigenvalue weighted by molar-refractivity contribution is -0.133. The van der Waals surface area contributed by atoms with Crippen LogP contribution in [-0.2, 0) is 0 Å². The smallest absolute Gasteiger partial charge is 0.313 e. The van der Waals surface area contributed by atoms with Crippen LogP contribution in [0.2, 0.25) is 0 Å². The summed E-state index contributed by atoms with van der Waals surface area (Å²) in [6.45, 7) is 0.0253. The van der Waals surface area contributed by atoms with E-state index in [1.54, 1.807) is 0 Å². The first-order chi connectivity index (χ1) is 9.06. The Morgan fingerprint density at radius 1 is 1.05 bits per heavy atom. The van der Waals surface area contributed by atoms with E-state index in [1.807, 2.05) is 18.2 Å². The Morgan fingerprint density at radius 3 is 2.42 bits per heavy atom. The van der Waals surface area contributed by atoms with Gasteiger partial charge in [-0.05, 0) is 24.3 Å². The molecule has 106 valence electrons. The average molecular weight is 271 g/mol. The molecule has 4 heteroatoms. The molecule has 0 radical (unpaired) electrons. The van der Waals surface area contributed by atoms with Gasteiger partial charge in [-0.15, -0.1) is 0 Å². The summed E-state index contributed by atoms with van der Waals surface area (Å²) in [5.41, 5.74) is 1.24.